The molecule has 15 heavy (non-hydrogen) atoms. The highest BCUT2D eigenvalue weighted by molar-refractivity contribution is 7.99. The summed E-state index contributed by atoms with van der Waals surface area (Å²) in [6.07, 6.45) is 2.90. The Bertz CT molecular complexity index is 283. The van der Waals surface area contributed by atoms with Gasteiger partial charge in [-0.15, -0.1) is 6.58 Å². The first-order valence-corrected chi connectivity index (χ1v) is 6.49. The first-order valence-electron chi connectivity index (χ1n) is 5.33. The van der Waals surface area contributed by atoms with E-state index in [-0.39, 0.29) is 0 Å². The van der Waals surface area contributed by atoms with E-state index in [9.17, 15) is 0 Å². The average molecular weight is 225 g/mol. The topological polar surface area (TPSA) is 25.2 Å². The zero-order valence-corrected chi connectivity index (χ0v) is 10.1. The molecule has 1 aromatic rings. The number of hydrogen-bond donors (Lipinski definition) is 1. The van der Waals surface area contributed by atoms with Gasteiger partial charge in [-0.3, -0.25) is 0 Å². The number of hydrogen-bond acceptors (Lipinski definition) is 3. The zero-order chi connectivity index (χ0) is 10.9. The standard InChI is InChI=1S/C12H19NOS/c1-3-8-15-9-7-13-10-12-6-5-11(4-2)14-12/h3,5-6,13H,1,4,7-10H2,2H3. The highest BCUT2D eigenvalue weighted by Crippen LogP contribution is 2.07. The van der Waals surface area contributed by atoms with Crippen LogP contribution in [0.15, 0.2) is 29.2 Å². The van der Waals surface area contributed by atoms with Crippen molar-refractivity contribution in [3.8, 4) is 0 Å². The smallest absolute Gasteiger partial charge is 0.117 e. The van der Waals surface area contributed by atoms with Gasteiger partial charge >= 0.3 is 0 Å². The monoisotopic (exact) mass is 225 g/mol. The quantitative estimate of drug-likeness (QED) is 0.544. The first kappa shape index (κ1) is 12.4. The fraction of sp³-hybridized carbons (Fsp3) is 0.500. The van der Waals surface area contributed by atoms with Crippen LogP contribution in [0.4, 0.5) is 0 Å². The van der Waals surface area contributed by atoms with Gasteiger partial charge in [0.25, 0.3) is 0 Å². The number of nitrogens with one attached hydrogen (secondary N) is 1. The molecule has 1 aromatic heterocycles. The first-order chi connectivity index (χ1) is 7.36. The SMILES string of the molecule is C=CCSCCNCc1ccc(CC)o1. The van der Waals surface area contributed by atoms with Crippen molar-refractivity contribution in [2.45, 2.75) is 19.9 Å². The van der Waals surface area contributed by atoms with Crippen molar-refractivity contribution in [3.63, 3.8) is 0 Å². The summed E-state index contributed by atoms with van der Waals surface area (Å²) in [6.45, 7) is 7.62. The lowest BCUT2D eigenvalue weighted by molar-refractivity contribution is 0.454. The molecule has 1 heterocycles. The fourth-order valence-electron chi connectivity index (χ4n) is 1.23. The Morgan fingerprint density at radius 2 is 2.27 bits per heavy atom. The van der Waals surface area contributed by atoms with Crippen LogP contribution < -0.4 is 5.32 Å². The van der Waals surface area contributed by atoms with Gasteiger partial charge in [-0.05, 0) is 12.1 Å². The molecule has 84 valence electrons. The Balaban J connectivity index is 2.06. The largest absolute Gasteiger partial charge is 0.465 e. The molecular formula is C12H19NOS. The van der Waals surface area contributed by atoms with E-state index in [4.69, 9.17) is 4.42 Å². The van der Waals surface area contributed by atoms with Gasteiger partial charge in [0.15, 0.2) is 0 Å². The maximum atomic E-state index is 5.58. The van der Waals surface area contributed by atoms with E-state index >= 15 is 0 Å². The summed E-state index contributed by atoms with van der Waals surface area (Å²) < 4.78 is 5.58. The molecule has 0 saturated heterocycles. The summed E-state index contributed by atoms with van der Waals surface area (Å²) >= 11 is 1.89. The Kier molecular flexibility index (Phi) is 6.28. The molecule has 0 atom stereocenters. The van der Waals surface area contributed by atoms with Gasteiger partial charge in [-0.2, -0.15) is 11.8 Å². The van der Waals surface area contributed by atoms with Gasteiger partial charge < -0.3 is 9.73 Å². The summed E-state index contributed by atoms with van der Waals surface area (Å²) in [5, 5.41) is 3.35. The maximum absolute atomic E-state index is 5.58. The molecule has 0 saturated carbocycles. The fourth-order valence-corrected chi connectivity index (χ4v) is 1.85. The second-order valence-electron chi connectivity index (χ2n) is 3.26. The van der Waals surface area contributed by atoms with Crippen LogP contribution >= 0.6 is 11.8 Å². The van der Waals surface area contributed by atoms with Crippen LogP contribution in [0.3, 0.4) is 0 Å². The van der Waals surface area contributed by atoms with Crippen LogP contribution in [-0.4, -0.2) is 18.1 Å². The third-order valence-corrected chi connectivity index (χ3v) is 2.99. The summed E-state index contributed by atoms with van der Waals surface area (Å²) in [6, 6.07) is 4.09. The second-order valence-corrected chi connectivity index (χ2v) is 4.41. The lowest BCUT2D eigenvalue weighted by Crippen LogP contribution is -2.16. The molecular weight excluding hydrogens is 206 g/mol. The zero-order valence-electron chi connectivity index (χ0n) is 9.29. The van der Waals surface area contributed by atoms with E-state index in [1.807, 2.05) is 30.0 Å². The highest BCUT2D eigenvalue weighted by Gasteiger charge is 1.98. The Morgan fingerprint density at radius 3 is 2.93 bits per heavy atom. The van der Waals surface area contributed by atoms with Crippen LogP contribution in [0.5, 0.6) is 0 Å². The molecule has 0 unspecified atom stereocenters. The molecule has 1 N–H and O–H groups in total. The van der Waals surface area contributed by atoms with Crippen molar-refractivity contribution in [2.24, 2.45) is 0 Å². The van der Waals surface area contributed by atoms with E-state index in [1.54, 1.807) is 0 Å². The van der Waals surface area contributed by atoms with Gasteiger partial charge in [0.1, 0.15) is 11.5 Å². The number of thioether (sulfide) groups is 1. The lowest BCUT2D eigenvalue weighted by atomic mass is 10.3. The van der Waals surface area contributed by atoms with Crippen molar-refractivity contribution in [1.82, 2.24) is 5.32 Å². The summed E-state index contributed by atoms with van der Waals surface area (Å²) in [5.74, 6) is 4.24. The normalized spacial score (nSPS) is 10.5. The van der Waals surface area contributed by atoms with Crippen LogP contribution in [0, 0.1) is 0 Å². The number of aryl methyl sites for hydroxylation is 1. The van der Waals surface area contributed by atoms with Gasteiger partial charge in [0, 0.05) is 24.5 Å². The Morgan fingerprint density at radius 1 is 1.47 bits per heavy atom. The van der Waals surface area contributed by atoms with Gasteiger partial charge in [0.2, 0.25) is 0 Å². The molecule has 0 aliphatic carbocycles. The highest BCUT2D eigenvalue weighted by atomic mass is 32.2. The molecule has 0 aliphatic heterocycles. The number of rotatable bonds is 8. The minimum atomic E-state index is 0.828. The van der Waals surface area contributed by atoms with Crippen molar-refractivity contribution in [1.29, 1.82) is 0 Å². The molecule has 0 radical (unpaired) electrons. The summed E-state index contributed by atoms with van der Waals surface area (Å²) in [4.78, 5) is 0. The Labute approximate surface area is 96.1 Å². The van der Waals surface area contributed by atoms with E-state index in [0.717, 1.165) is 42.5 Å². The molecule has 0 bridgehead atoms. The van der Waals surface area contributed by atoms with Crippen LogP contribution in [0.1, 0.15) is 18.4 Å². The van der Waals surface area contributed by atoms with Crippen LogP contribution in [-0.2, 0) is 13.0 Å². The van der Waals surface area contributed by atoms with E-state index in [1.165, 1.54) is 0 Å². The minimum Gasteiger partial charge on any atom is -0.465 e. The van der Waals surface area contributed by atoms with Crippen molar-refractivity contribution in [2.75, 3.05) is 18.1 Å². The van der Waals surface area contributed by atoms with Gasteiger partial charge in [-0.25, -0.2) is 0 Å². The van der Waals surface area contributed by atoms with Crippen LogP contribution in [0.25, 0.3) is 0 Å². The van der Waals surface area contributed by atoms with E-state index in [2.05, 4.69) is 18.8 Å². The number of furan rings is 1. The molecule has 0 aromatic carbocycles. The molecule has 0 fully saturated rings. The third kappa shape index (κ3) is 5.09. The van der Waals surface area contributed by atoms with E-state index in [0.29, 0.717) is 0 Å². The molecule has 1 rings (SSSR count). The third-order valence-electron chi connectivity index (χ3n) is 2.02. The van der Waals surface area contributed by atoms with Crippen LogP contribution in [0.2, 0.25) is 0 Å². The lowest BCUT2D eigenvalue weighted by Gasteiger charge is -2.01. The Hall–Kier alpha value is -0.670. The molecule has 0 amide bonds. The molecule has 2 nitrogen and oxygen atoms in total. The van der Waals surface area contributed by atoms with Crippen molar-refractivity contribution < 1.29 is 4.42 Å². The average Bonchev–Trinajstić information content (AvgIpc) is 2.71. The second kappa shape index (κ2) is 7.60. The van der Waals surface area contributed by atoms with Crippen molar-refractivity contribution >= 4 is 11.8 Å². The molecule has 0 spiro atoms. The predicted molar refractivity (Wildman–Crippen MR) is 67.3 cm³/mol. The molecule has 0 aliphatic rings. The van der Waals surface area contributed by atoms with Crippen molar-refractivity contribution in [3.05, 3.63) is 36.3 Å². The summed E-state index contributed by atoms with van der Waals surface area (Å²) in [5.41, 5.74) is 0. The van der Waals surface area contributed by atoms with Gasteiger partial charge in [0.05, 0.1) is 6.54 Å². The minimum absolute atomic E-state index is 0.828. The maximum Gasteiger partial charge on any atom is 0.117 e. The predicted octanol–water partition coefficient (Wildman–Crippen LogP) is 2.85. The molecule has 3 heteroatoms. The van der Waals surface area contributed by atoms with Gasteiger partial charge in [-0.1, -0.05) is 13.0 Å². The van der Waals surface area contributed by atoms with E-state index < -0.39 is 0 Å². The summed E-state index contributed by atoms with van der Waals surface area (Å²) in [7, 11) is 0.